The van der Waals surface area contributed by atoms with Crippen LogP contribution in [0.4, 0.5) is 11.4 Å². The van der Waals surface area contributed by atoms with E-state index < -0.39 is 10.9 Å². The molecular weight excluding hydrogens is 398 g/mol. The maximum Gasteiger partial charge on any atom is 0.253 e. The van der Waals surface area contributed by atoms with Gasteiger partial charge in [-0.25, -0.2) is 0 Å². The van der Waals surface area contributed by atoms with Crippen LogP contribution in [0.15, 0.2) is 70.3 Å². The number of nitrogens with one attached hydrogen (secondary N) is 2. The van der Waals surface area contributed by atoms with E-state index in [-0.39, 0.29) is 12.1 Å². The largest absolute Gasteiger partial charge is 0.378 e. The molecule has 0 bridgehead atoms. The average Bonchev–Trinajstić information content (AvgIpc) is 3.20. The Bertz CT molecular complexity index is 1170. The second kappa shape index (κ2) is 9.53. The predicted molar refractivity (Wildman–Crippen MR) is 133 cm³/mol. The molecule has 166 valence electrons. The van der Waals surface area contributed by atoms with Crippen LogP contribution in [0.2, 0.25) is 0 Å². The first-order valence-electron chi connectivity index (χ1n) is 11.3. The third-order valence-electron chi connectivity index (χ3n) is 6.32. The van der Waals surface area contributed by atoms with Gasteiger partial charge in [-0.05, 0) is 62.5 Å². The lowest BCUT2D eigenvalue weighted by Crippen LogP contribution is -2.42. The summed E-state index contributed by atoms with van der Waals surface area (Å²) >= 11 is 0. The molecule has 5 heteroatoms. The lowest BCUT2D eigenvalue weighted by Gasteiger charge is -2.26. The van der Waals surface area contributed by atoms with E-state index in [1.807, 2.05) is 32.3 Å². The number of allylic oxidation sites excluding steroid dienone is 1. The number of anilines is 2. The molecule has 2 N–H and O–H groups in total. The second-order valence-corrected chi connectivity index (χ2v) is 8.94. The molecule has 2 atom stereocenters. The Morgan fingerprint density at radius 2 is 1.59 bits per heavy atom. The van der Waals surface area contributed by atoms with Crippen molar-refractivity contribution in [3.8, 4) is 0 Å². The molecule has 0 unspecified atom stereocenters. The summed E-state index contributed by atoms with van der Waals surface area (Å²) in [4.78, 5) is 26.7. The van der Waals surface area contributed by atoms with Gasteiger partial charge < -0.3 is 15.5 Å². The van der Waals surface area contributed by atoms with Crippen LogP contribution >= 0.6 is 0 Å². The van der Waals surface area contributed by atoms with Crippen molar-refractivity contribution in [2.45, 2.75) is 38.3 Å². The van der Waals surface area contributed by atoms with Crippen molar-refractivity contribution >= 4 is 16.9 Å². The standard InChI is InChI=1S/C27H31N3O2/c1-18(15-21-14-13-20-11-7-8-12-23(20)21)29-25-24(26(31)27(25)32)28-17-22(30(2)3)16-19-9-5-4-6-10-19/h4-12,14,18,22,28-29H,13,15-17H2,1-3H3/t18-,22+/m1/s1. The molecule has 32 heavy (non-hydrogen) atoms. The monoisotopic (exact) mass is 429 g/mol. The van der Waals surface area contributed by atoms with Crippen molar-refractivity contribution in [2.24, 2.45) is 0 Å². The Balaban J connectivity index is 1.39. The zero-order valence-electron chi connectivity index (χ0n) is 19.0. The average molecular weight is 430 g/mol. The molecule has 0 saturated carbocycles. The van der Waals surface area contributed by atoms with Crippen LogP contribution in [0.25, 0.3) is 5.57 Å². The van der Waals surface area contributed by atoms with E-state index in [0.29, 0.717) is 17.9 Å². The van der Waals surface area contributed by atoms with Crippen molar-refractivity contribution in [2.75, 3.05) is 31.3 Å². The van der Waals surface area contributed by atoms with Crippen LogP contribution < -0.4 is 21.5 Å². The molecule has 1 aliphatic rings. The molecule has 1 aliphatic carbocycles. The first-order valence-corrected chi connectivity index (χ1v) is 11.3. The number of fused-ring (bicyclic) bond motifs is 1. The van der Waals surface area contributed by atoms with Crippen LogP contribution in [0.5, 0.6) is 0 Å². The zero-order valence-corrected chi connectivity index (χ0v) is 19.0. The third kappa shape index (κ3) is 4.68. The maximum absolute atomic E-state index is 12.3. The van der Waals surface area contributed by atoms with Gasteiger partial charge in [0, 0.05) is 18.6 Å². The first-order chi connectivity index (χ1) is 15.4. The second-order valence-electron chi connectivity index (χ2n) is 8.94. The molecule has 3 aromatic rings. The van der Waals surface area contributed by atoms with E-state index in [2.05, 4.69) is 64.9 Å². The molecule has 0 saturated heterocycles. The molecule has 0 heterocycles. The normalized spacial score (nSPS) is 14.8. The summed E-state index contributed by atoms with van der Waals surface area (Å²) in [5.41, 5.74) is 5.17. The highest BCUT2D eigenvalue weighted by Gasteiger charge is 2.24. The highest BCUT2D eigenvalue weighted by atomic mass is 16.2. The quantitative estimate of drug-likeness (QED) is 0.481. The summed E-state index contributed by atoms with van der Waals surface area (Å²) < 4.78 is 0. The Hall–Kier alpha value is -3.18. The van der Waals surface area contributed by atoms with Gasteiger partial charge in [0.25, 0.3) is 10.9 Å². The van der Waals surface area contributed by atoms with Gasteiger partial charge in [0.05, 0.1) is 0 Å². The summed E-state index contributed by atoms with van der Waals surface area (Å²) in [6.45, 7) is 2.65. The number of nitrogens with zero attached hydrogens (tertiary/aromatic N) is 1. The van der Waals surface area contributed by atoms with E-state index in [1.54, 1.807) is 0 Å². The fourth-order valence-electron chi connectivity index (χ4n) is 4.42. The number of hydrogen-bond acceptors (Lipinski definition) is 5. The van der Waals surface area contributed by atoms with Crippen molar-refractivity contribution in [3.63, 3.8) is 0 Å². The van der Waals surface area contributed by atoms with Crippen molar-refractivity contribution in [1.82, 2.24) is 4.90 Å². The summed E-state index contributed by atoms with van der Waals surface area (Å²) in [6, 6.07) is 19.0. The fraction of sp³-hybridized carbons (Fsp3) is 0.333. The van der Waals surface area contributed by atoms with Crippen LogP contribution in [0.1, 0.15) is 30.0 Å². The Morgan fingerprint density at radius 1 is 0.906 bits per heavy atom. The number of hydrogen-bond donors (Lipinski definition) is 2. The van der Waals surface area contributed by atoms with Crippen molar-refractivity contribution in [3.05, 3.63) is 97.8 Å². The van der Waals surface area contributed by atoms with Gasteiger partial charge in [0.2, 0.25) is 0 Å². The van der Waals surface area contributed by atoms with Crippen molar-refractivity contribution < 1.29 is 0 Å². The third-order valence-corrected chi connectivity index (χ3v) is 6.32. The Morgan fingerprint density at radius 3 is 2.34 bits per heavy atom. The fourth-order valence-corrected chi connectivity index (χ4v) is 4.42. The van der Waals surface area contributed by atoms with Gasteiger partial charge in [0.1, 0.15) is 11.4 Å². The summed E-state index contributed by atoms with van der Waals surface area (Å²) in [5.74, 6) is 0. The van der Waals surface area contributed by atoms with Crippen molar-refractivity contribution in [1.29, 1.82) is 0 Å². The molecule has 5 nitrogen and oxygen atoms in total. The van der Waals surface area contributed by atoms with E-state index >= 15 is 0 Å². The van der Waals surface area contributed by atoms with E-state index in [0.717, 1.165) is 19.3 Å². The Labute approximate surface area is 189 Å². The zero-order chi connectivity index (χ0) is 22.7. The molecule has 0 aliphatic heterocycles. The number of benzene rings is 2. The molecule has 0 spiro atoms. The SMILES string of the molecule is C[C@H](CC1=CCc2ccccc21)Nc1c(NC[C@H](Cc2ccccc2)N(C)C)c(=O)c1=O. The molecule has 4 rings (SSSR count). The minimum atomic E-state index is -0.428. The molecule has 3 aromatic carbocycles. The molecule has 0 aromatic heterocycles. The highest BCUT2D eigenvalue weighted by Crippen LogP contribution is 2.31. The predicted octanol–water partition coefficient (Wildman–Crippen LogP) is 3.70. The molecule has 0 fully saturated rings. The van der Waals surface area contributed by atoms with E-state index in [9.17, 15) is 9.59 Å². The van der Waals surface area contributed by atoms with Gasteiger partial charge in [-0.15, -0.1) is 0 Å². The van der Waals surface area contributed by atoms with E-state index in [4.69, 9.17) is 0 Å². The topological polar surface area (TPSA) is 61.4 Å². The van der Waals surface area contributed by atoms with Crippen LogP contribution in [-0.2, 0) is 12.8 Å². The molecule has 0 amide bonds. The molecular formula is C27H31N3O2. The minimum absolute atomic E-state index is 0.0465. The van der Waals surface area contributed by atoms with Gasteiger partial charge in [0.15, 0.2) is 0 Å². The van der Waals surface area contributed by atoms with Crippen LogP contribution in [-0.4, -0.2) is 37.6 Å². The maximum atomic E-state index is 12.3. The Kier molecular flexibility index (Phi) is 6.56. The molecule has 0 radical (unpaired) electrons. The van der Waals surface area contributed by atoms with Gasteiger partial charge in [-0.2, -0.15) is 0 Å². The highest BCUT2D eigenvalue weighted by molar-refractivity contribution is 5.76. The summed E-state index contributed by atoms with van der Waals surface area (Å²) in [5, 5.41) is 6.56. The lowest BCUT2D eigenvalue weighted by atomic mass is 10.00. The van der Waals surface area contributed by atoms with Gasteiger partial charge in [-0.3, -0.25) is 9.59 Å². The number of likely N-dealkylation sites (N-methyl/N-ethyl adjacent to an activating group) is 1. The first kappa shape index (κ1) is 22.0. The van der Waals surface area contributed by atoms with Crippen LogP contribution in [0, 0.1) is 0 Å². The van der Waals surface area contributed by atoms with Gasteiger partial charge >= 0.3 is 0 Å². The summed E-state index contributed by atoms with van der Waals surface area (Å²) in [6.07, 6.45) is 4.89. The van der Waals surface area contributed by atoms with E-state index in [1.165, 1.54) is 22.3 Å². The van der Waals surface area contributed by atoms with Gasteiger partial charge in [-0.1, -0.05) is 60.7 Å². The minimum Gasteiger partial charge on any atom is -0.378 e. The van der Waals surface area contributed by atoms with Crippen LogP contribution in [0.3, 0.4) is 0 Å². The number of rotatable bonds is 10. The lowest BCUT2D eigenvalue weighted by molar-refractivity contribution is 0.303. The summed E-state index contributed by atoms with van der Waals surface area (Å²) in [7, 11) is 4.07. The smallest absolute Gasteiger partial charge is 0.253 e.